The number of hydrogen-bond donors (Lipinski definition) is 3. The Hall–Kier alpha value is -4.39. The summed E-state index contributed by atoms with van der Waals surface area (Å²) in [5.74, 6) is -0.620. The Morgan fingerprint density at radius 2 is 1.18 bits per heavy atom. The number of fused-ring (bicyclic) bond motifs is 2. The van der Waals surface area contributed by atoms with Gasteiger partial charge in [-0.05, 0) is 41.5 Å². The molecule has 33 heavy (non-hydrogen) atoms. The molecule has 1 heterocycles. The van der Waals surface area contributed by atoms with Gasteiger partial charge >= 0.3 is 6.01 Å². The lowest BCUT2D eigenvalue weighted by molar-refractivity contribution is 0.222. The zero-order valence-electron chi connectivity index (χ0n) is 18.0. The van der Waals surface area contributed by atoms with Crippen molar-refractivity contribution in [2.75, 3.05) is 0 Å². The molecular formula is C26H21N3O4. The van der Waals surface area contributed by atoms with Gasteiger partial charge < -0.3 is 20.1 Å². The minimum Gasteiger partial charge on any atom is -0.508 e. The van der Waals surface area contributed by atoms with E-state index in [0.29, 0.717) is 5.82 Å². The highest BCUT2D eigenvalue weighted by molar-refractivity contribution is 6.11. The Kier molecular flexibility index (Phi) is 4.94. The second-order valence-corrected chi connectivity index (χ2v) is 7.98. The normalized spacial score (nSPS) is 11.4. The van der Waals surface area contributed by atoms with Crippen LogP contribution >= 0.6 is 0 Å². The summed E-state index contributed by atoms with van der Waals surface area (Å²) in [5.41, 5.74) is 0.772. The number of nitrogens with zero attached hydrogens (tertiary/aromatic N) is 3. The molecule has 5 aromatic rings. The van der Waals surface area contributed by atoms with Crippen LogP contribution in [-0.2, 0) is 0 Å². The number of hydrogen-bond acceptors (Lipinski definition) is 7. The SMILES string of the molecule is CC(C)Oc1nc(-c2c(O)cc(O)cc2O)nc(-c2c3ccccc3cc3ccccc23)n1. The number of aromatic hydroxyl groups is 3. The van der Waals surface area contributed by atoms with Gasteiger partial charge in [-0.3, -0.25) is 0 Å². The van der Waals surface area contributed by atoms with Crippen LogP contribution in [0, 0.1) is 0 Å². The molecule has 0 amide bonds. The molecule has 0 unspecified atom stereocenters. The first-order valence-corrected chi connectivity index (χ1v) is 10.5. The average Bonchev–Trinajstić information content (AvgIpc) is 2.76. The molecule has 164 valence electrons. The van der Waals surface area contributed by atoms with Gasteiger partial charge in [-0.1, -0.05) is 48.5 Å². The Morgan fingerprint density at radius 1 is 0.667 bits per heavy atom. The molecule has 1 aromatic heterocycles. The number of aromatic nitrogens is 3. The molecule has 7 nitrogen and oxygen atoms in total. The van der Waals surface area contributed by atoms with Gasteiger partial charge in [0.25, 0.3) is 0 Å². The van der Waals surface area contributed by atoms with Crippen molar-refractivity contribution in [3.63, 3.8) is 0 Å². The van der Waals surface area contributed by atoms with Gasteiger partial charge in [0.05, 0.1) is 6.10 Å². The van der Waals surface area contributed by atoms with Crippen molar-refractivity contribution in [1.82, 2.24) is 15.0 Å². The molecule has 0 aliphatic heterocycles. The van der Waals surface area contributed by atoms with Gasteiger partial charge in [0.2, 0.25) is 0 Å². The highest BCUT2D eigenvalue weighted by atomic mass is 16.5. The molecule has 5 rings (SSSR count). The maximum atomic E-state index is 10.4. The number of phenolic OH excluding ortho intramolecular Hbond substituents is 3. The molecule has 0 aliphatic carbocycles. The van der Waals surface area contributed by atoms with E-state index in [9.17, 15) is 15.3 Å². The molecule has 0 bridgehead atoms. The lowest BCUT2D eigenvalue weighted by Gasteiger charge is -2.15. The van der Waals surface area contributed by atoms with E-state index in [0.717, 1.165) is 39.2 Å². The van der Waals surface area contributed by atoms with E-state index in [-0.39, 0.29) is 40.8 Å². The van der Waals surface area contributed by atoms with E-state index < -0.39 is 0 Å². The Morgan fingerprint density at radius 3 is 1.73 bits per heavy atom. The molecule has 0 radical (unpaired) electrons. The molecule has 0 saturated carbocycles. The van der Waals surface area contributed by atoms with E-state index in [1.807, 2.05) is 62.4 Å². The Labute approximate surface area is 189 Å². The smallest absolute Gasteiger partial charge is 0.320 e. The van der Waals surface area contributed by atoms with Crippen LogP contribution in [0.1, 0.15) is 13.8 Å². The quantitative estimate of drug-likeness (QED) is 0.321. The number of phenols is 3. The lowest BCUT2D eigenvalue weighted by Crippen LogP contribution is -2.10. The van der Waals surface area contributed by atoms with Crippen LogP contribution in [0.4, 0.5) is 0 Å². The fourth-order valence-corrected chi connectivity index (χ4v) is 3.92. The second kappa shape index (κ2) is 7.94. The highest BCUT2D eigenvalue weighted by Crippen LogP contribution is 2.41. The van der Waals surface area contributed by atoms with Crippen LogP contribution in [0.2, 0.25) is 0 Å². The van der Waals surface area contributed by atoms with E-state index in [4.69, 9.17) is 4.74 Å². The van der Waals surface area contributed by atoms with Crippen molar-refractivity contribution >= 4 is 21.5 Å². The molecular weight excluding hydrogens is 418 g/mol. The van der Waals surface area contributed by atoms with E-state index in [1.165, 1.54) is 0 Å². The van der Waals surface area contributed by atoms with Gasteiger partial charge in [0, 0.05) is 17.7 Å². The molecule has 3 N–H and O–H groups in total. The van der Waals surface area contributed by atoms with Gasteiger partial charge in [0.15, 0.2) is 11.6 Å². The lowest BCUT2D eigenvalue weighted by atomic mass is 9.96. The summed E-state index contributed by atoms with van der Waals surface area (Å²) in [6.07, 6.45) is -0.209. The first kappa shape index (κ1) is 20.5. The van der Waals surface area contributed by atoms with Crippen molar-refractivity contribution < 1.29 is 20.1 Å². The van der Waals surface area contributed by atoms with Crippen LogP contribution in [0.25, 0.3) is 44.3 Å². The predicted octanol–water partition coefficient (Wildman–Crippen LogP) is 5.42. The molecule has 7 heteroatoms. The third-order valence-electron chi connectivity index (χ3n) is 5.26. The first-order chi connectivity index (χ1) is 15.9. The van der Waals surface area contributed by atoms with Crippen LogP contribution in [-0.4, -0.2) is 36.4 Å². The summed E-state index contributed by atoms with van der Waals surface area (Å²) >= 11 is 0. The third-order valence-corrected chi connectivity index (χ3v) is 5.26. The van der Waals surface area contributed by atoms with Crippen LogP contribution in [0.5, 0.6) is 23.3 Å². The summed E-state index contributed by atoms with van der Waals surface area (Å²) in [6, 6.07) is 20.3. The number of rotatable bonds is 4. The third kappa shape index (κ3) is 3.74. The summed E-state index contributed by atoms with van der Waals surface area (Å²) in [5, 5.41) is 34.5. The van der Waals surface area contributed by atoms with E-state index >= 15 is 0 Å². The van der Waals surface area contributed by atoms with Gasteiger partial charge in [-0.2, -0.15) is 9.97 Å². The molecule has 0 atom stereocenters. The van der Waals surface area contributed by atoms with Gasteiger partial charge in [-0.25, -0.2) is 4.98 Å². The molecule has 0 saturated heterocycles. The maximum Gasteiger partial charge on any atom is 0.320 e. The largest absolute Gasteiger partial charge is 0.508 e. The van der Waals surface area contributed by atoms with Crippen LogP contribution in [0.3, 0.4) is 0 Å². The average molecular weight is 439 g/mol. The van der Waals surface area contributed by atoms with Crippen LogP contribution < -0.4 is 4.74 Å². The topological polar surface area (TPSA) is 109 Å². The second-order valence-electron chi connectivity index (χ2n) is 7.98. The summed E-state index contributed by atoms with van der Waals surface area (Å²) < 4.78 is 5.79. The van der Waals surface area contributed by atoms with Crippen molar-refractivity contribution in [1.29, 1.82) is 0 Å². The minimum atomic E-state index is -0.358. The fourth-order valence-electron chi connectivity index (χ4n) is 3.92. The summed E-state index contributed by atoms with van der Waals surface area (Å²) in [7, 11) is 0. The Bertz CT molecular complexity index is 1440. The summed E-state index contributed by atoms with van der Waals surface area (Å²) in [4.78, 5) is 13.6. The van der Waals surface area contributed by atoms with Crippen molar-refractivity contribution in [3.8, 4) is 46.0 Å². The van der Waals surface area contributed by atoms with Gasteiger partial charge in [-0.15, -0.1) is 0 Å². The maximum absolute atomic E-state index is 10.4. The zero-order valence-corrected chi connectivity index (χ0v) is 18.0. The monoisotopic (exact) mass is 439 g/mol. The van der Waals surface area contributed by atoms with E-state index in [2.05, 4.69) is 21.0 Å². The predicted molar refractivity (Wildman–Crippen MR) is 126 cm³/mol. The highest BCUT2D eigenvalue weighted by Gasteiger charge is 2.21. The zero-order chi connectivity index (χ0) is 23.1. The molecule has 0 fully saturated rings. The Balaban J connectivity index is 1.86. The van der Waals surface area contributed by atoms with E-state index in [1.54, 1.807) is 0 Å². The first-order valence-electron chi connectivity index (χ1n) is 10.5. The number of ether oxygens (including phenoxy) is 1. The van der Waals surface area contributed by atoms with Crippen molar-refractivity contribution in [3.05, 3.63) is 66.7 Å². The standard InChI is InChI=1S/C26H21N3O4/c1-14(2)33-26-28-24(27-25(29-26)23-20(31)12-17(30)13-21(23)32)22-18-9-5-3-7-15(18)11-16-8-4-6-10-19(16)22/h3-14,30-32H,1-2H3. The molecule has 0 aliphatic rings. The molecule has 0 spiro atoms. The fraction of sp³-hybridized carbons (Fsp3) is 0.115. The molecule has 4 aromatic carbocycles. The van der Waals surface area contributed by atoms with Gasteiger partial charge in [0.1, 0.15) is 22.8 Å². The van der Waals surface area contributed by atoms with Crippen molar-refractivity contribution in [2.45, 2.75) is 20.0 Å². The van der Waals surface area contributed by atoms with Crippen LogP contribution in [0.15, 0.2) is 66.7 Å². The number of benzene rings is 4. The minimum absolute atomic E-state index is 0.0189. The van der Waals surface area contributed by atoms with Crippen molar-refractivity contribution in [2.24, 2.45) is 0 Å². The summed E-state index contributed by atoms with van der Waals surface area (Å²) in [6.45, 7) is 3.71.